The summed E-state index contributed by atoms with van der Waals surface area (Å²) in [6.45, 7) is 1.90. The summed E-state index contributed by atoms with van der Waals surface area (Å²) < 4.78 is 15.0. The number of thiophene rings is 1. The standard InChI is InChI=1S/C20H16FN5OS/c1-11-3-2-4-12(7-11)26(20(23)27)13-5-6-14(16(21)8-13)15-9-28-19-17(15)18(22)24-10-25-19/h2-10H,1H3,(H2,23,27)(H2,22,24,25). The quantitative estimate of drug-likeness (QED) is 0.531. The zero-order chi connectivity index (χ0) is 19.8. The molecule has 2 aromatic carbocycles. The van der Waals surface area contributed by atoms with Gasteiger partial charge in [-0.1, -0.05) is 12.1 Å². The summed E-state index contributed by atoms with van der Waals surface area (Å²) in [5, 5.41) is 2.41. The van der Waals surface area contributed by atoms with Gasteiger partial charge in [-0.05, 0) is 42.8 Å². The van der Waals surface area contributed by atoms with E-state index in [1.807, 2.05) is 19.1 Å². The number of amides is 2. The number of aromatic nitrogens is 2. The average Bonchev–Trinajstić information content (AvgIpc) is 3.07. The molecular weight excluding hydrogens is 377 g/mol. The van der Waals surface area contributed by atoms with E-state index >= 15 is 4.39 Å². The zero-order valence-corrected chi connectivity index (χ0v) is 15.7. The summed E-state index contributed by atoms with van der Waals surface area (Å²) in [6.07, 6.45) is 1.38. The molecule has 2 amide bonds. The van der Waals surface area contributed by atoms with Gasteiger partial charge in [0.25, 0.3) is 0 Å². The Morgan fingerprint density at radius 2 is 1.89 bits per heavy atom. The highest BCUT2D eigenvalue weighted by Crippen LogP contribution is 2.38. The average molecular weight is 393 g/mol. The van der Waals surface area contributed by atoms with E-state index in [2.05, 4.69) is 9.97 Å². The molecule has 0 bridgehead atoms. The monoisotopic (exact) mass is 393 g/mol. The normalized spacial score (nSPS) is 10.9. The van der Waals surface area contributed by atoms with E-state index in [1.54, 1.807) is 29.6 Å². The molecule has 0 aliphatic rings. The third-order valence-corrected chi connectivity index (χ3v) is 5.27. The number of nitrogens with zero attached hydrogens (tertiary/aromatic N) is 3. The van der Waals surface area contributed by atoms with E-state index in [0.29, 0.717) is 38.5 Å². The van der Waals surface area contributed by atoms with Gasteiger partial charge in [-0.25, -0.2) is 19.2 Å². The predicted molar refractivity (Wildman–Crippen MR) is 110 cm³/mol. The van der Waals surface area contributed by atoms with Gasteiger partial charge in [0.05, 0.1) is 16.8 Å². The fourth-order valence-electron chi connectivity index (χ4n) is 3.13. The van der Waals surface area contributed by atoms with Gasteiger partial charge < -0.3 is 11.5 Å². The van der Waals surface area contributed by atoms with Gasteiger partial charge in [0, 0.05) is 16.5 Å². The van der Waals surface area contributed by atoms with Crippen molar-refractivity contribution in [3.05, 3.63) is 65.6 Å². The highest BCUT2D eigenvalue weighted by molar-refractivity contribution is 7.17. The second kappa shape index (κ2) is 6.90. The van der Waals surface area contributed by atoms with Crippen LogP contribution < -0.4 is 16.4 Å². The number of fused-ring (bicyclic) bond motifs is 1. The molecule has 2 aromatic heterocycles. The molecule has 0 aliphatic carbocycles. The minimum atomic E-state index is -0.698. The van der Waals surface area contributed by atoms with Gasteiger partial charge in [0.15, 0.2) is 0 Å². The molecular formula is C20H16FN5OS. The highest BCUT2D eigenvalue weighted by Gasteiger charge is 2.19. The van der Waals surface area contributed by atoms with E-state index in [4.69, 9.17) is 11.5 Å². The van der Waals surface area contributed by atoms with Crippen molar-refractivity contribution in [3.63, 3.8) is 0 Å². The van der Waals surface area contributed by atoms with Gasteiger partial charge in [-0.2, -0.15) is 0 Å². The largest absolute Gasteiger partial charge is 0.383 e. The Morgan fingerprint density at radius 3 is 2.61 bits per heavy atom. The van der Waals surface area contributed by atoms with Gasteiger partial charge in [-0.15, -0.1) is 11.3 Å². The number of nitrogens with two attached hydrogens (primary N) is 2. The maximum Gasteiger partial charge on any atom is 0.323 e. The van der Waals surface area contributed by atoms with Crippen LogP contribution in [0.25, 0.3) is 21.3 Å². The van der Waals surface area contributed by atoms with E-state index in [0.717, 1.165) is 5.56 Å². The van der Waals surface area contributed by atoms with Crippen molar-refractivity contribution in [1.82, 2.24) is 9.97 Å². The third kappa shape index (κ3) is 3.03. The number of benzene rings is 2. The van der Waals surface area contributed by atoms with E-state index in [9.17, 15) is 4.79 Å². The van der Waals surface area contributed by atoms with Crippen molar-refractivity contribution in [2.24, 2.45) is 5.73 Å². The van der Waals surface area contributed by atoms with Crippen molar-refractivity contribution in [3.8, 4) is 11.1 Å². The predicted octanol–water partition coefficient (Wildman–Crippen LogP) is 4.60. The molecule has 4 aromatic rings. The van der Waals surface area contributed by atoms with Crippen molar-refractivity contribution in [2.45, 2.75) is 6.92 Å². The first-order valence-electron chi connectivity index (χ1n) is 8.39. The number of halogens is 1. The number of hydrogen-bond acceptors (Lipinski definition) is 5. The Balaban J connectivity index is 1.82. The lowest BCUT2D eigenvalue weighted by atomic mass is 10.0. The first-order valence-corrected chi connectivity index (χ1v) is 9.27. The summed E-state index contributed by atoms with van der Waals surface area (Å²) in [4.78, 5) is 22.2. The molecule has 0 spiro atoms. The number of carbonyl (C=O) groups is 1. The molecule has 28 heavy (non-hydrogen) atoms. The Kier molecular flexibility index (Phi) is 4.40. The summed E-state index contributed by atoms with van der Waals surface area (Å²) in [7, 11) is 0. The van der Waals surface area contributed by atoms with Crippen LogP contribution in [0.3, 0.4) is 0 Å². The number of primary amides is 1. The van der Waals surface area contributed by atoms with Gasteiger partial charge >= 0.3 is 6.03 Å². The van der Waals surface area contributed by atoms with E-state index in [-0.39, 0.29) is 0 Å². The van der Waals surface area contributed by atoms with Crippen LogP contribution in [-0.4, -0.2) is 16.0 Å². The molecule has 4 N–H and O–H groups in total. The maximum atomic E-state index is 15.0. The zero-order valence-electron chi connectivity index (χ0n) is 14.9. The van der Waals surface area contributed by atoms with Crippen molar-refractivity contribution in [2.75, 3.05) is 10.6 Å². The number of nitrogen functional groups attached to an aromatic ring is 1. The lowest BCUT2D eigenvalue weighted by molar-refractivity contribution is 0.256. The lowest BCUT2D eigenvalue weighted by Crippen LogP contribution is -2.31. The summed E-state index contributed by atoms with van der Waals surface area (Å²) in [5.74, 6) is -0.206. The molecule has 0 saturated heterocycles. The second-order valence-electron chi connectivity index (χ2n) is 6.27. The molecule has 140 valence electrons. The first-order chi connectivity index (χ1) is 13.5. The summed E-state index contributed by atoms with van der Waals surface area (Å²) >= 11 is 1.36. The van der Waals surface area contributed by atoms with E-state index < -0.39 is 11.8 Å². The minimum Gasteiger partial charge on any atom is -0.383 e. The maximum absolute atomic E-state index is 15.0. The molecule has 0 radical (unpaired) electrons. The number of aryl methyl sites for hydroxylation is 1. The molecule has 2 heterocycles. The molecule has 0 fully saturated rings. The number of carbonyl (C=O) groups excluding carboxylic acids is 1. The molecule has 4 rings (SSSR count). The molecule has 6 nitrogen and oxygen atoms in total. The number of anilines is 3. The first kappa shape index (κ1) is 17.9. The van der Waals surface area contributed by atoms with Gasteiger partial charge in [0.1, 0.15) is 22.8 Å². The minimum absolute atomic E-state index is 0.295. The van der Waals surface area contributed by atoms with Crippen LogP contribution in [0.4, 0.5) is 26.4 Å². The van der Waals surface area contributed by atoms with Crippen molar-refractivity contribution in [1.29, 1.82) is 0 Å². The van der Waals surface area contributed by atoms with Crippen LogP contribution in [0.1, 0.15) is 5.56 Å². The van der Waals surface area contributed by atoms with Crippen molar-refractivity contribution >= 4 is 44.8 Å². The SMILES string of the molecule is Cc1cccc(N(C(N)=O)c2ccc(-c3csc4ncnc(N)c34)c(F)c2)c1. The highest BCUT2D eigenvalue weighted by atomic mass is 32.1. The van der Waals surface area contributed by atoms with Crippen LogP contribution in [0, 0.1) is 12.7 Å². The Bertz CT molecular complexity index is 1210. The molecule has 0 aliphatic heterocycles. The Labute approximate surface area is 164 Å². The molecule has 0 saturated carbocycles. The fourth-order valence-corrected chi connectivity index (χ4v) is 4.04. The van der Waals surface area contributed by atoms with Gasteiger partial charge in [-0.3, -0.25) is 4.90 Å². The lowest BCUT2D eigenvalue weighted by Gasteiger charge is -2.21. The van der Waals surface area contributed by atoms with Crippen LogP contribution in [0.5, 0.6) is 0 Å². The van der Waals surface area contributed by atoms with Crippen LogP contribution in [0.15, 0.2) is 54.2 Å². The number of hydrogen-bond donors (Lipinski definition) is 2. The smallest absolute Gasteiger partial charge is 0.323 e. The van der Waals surface area contributed by atoms with E-state index in [1.165, 1.54) is 28.6 Å². The Hall–Kier alpha value is -3.52. The van der Waals surface area contributed by atoms with Crippen molar-refractivity contribution < 1.29 is 9.18 Å². The topological polar surface area (TPSA) is 98.1 Å². The fraction of sp³-hybridized carbons (Fsp3) is 0.0500. The summed E-state index contributed by atoms with van der Waals surface area (Å²) in [5.41, 5.74) is 14.4. The van der Waals surface area contributed by atoms with Crippen LogP contribution in [-0.2, 0) is 0 Å². The molecule has 0 atom stereocenters. The van der Waals surface area contributed by atoms with Gasteiger partial charge in [0.2, 0.25) is 0 Å². The second-order valence-corrected chi connectivity index (χ2v) is 7.12. The summed E-state index contributed by atoms with van der Waals surface area (Å²) in [6, 6.07) is 11.1. The molecule has 0 unspecified atom stereocenters. The van der Waals surface area contributed by atoms with Crippen LogP contribution >= 0.6 is 11.3 Å². The van der Waals surface area contributed by atoms with Crippen LogP contribution in [0.2, 0.25) is 0 Å². The number of urea groups is 1. The molecule has 8 heteroatoms. The Morgan fingerprint density at radius 1 is 1.11 bits per heavy atom. The third-order valence-electron chi connectivity index (χ3n) is 4.38. The number of rotatable bonds is 3.